The molecule has 0 saturated carbocycles. The van der Waals surface area contributed by atoms with E-state index in [2.05, 4.69) is 30.0 Å². The molecule has 27 heavy (non-hydrogen) atoms. The molecule has 0 unspecified atom stereocenters. The van der Waals surface area contributed by atoms with Gasteiger partial charge in [-0.1, -0.05) is 18.2 Å². The van der Waals surface area contributed by atoms with E-state index < -0.39 is 0 Å². The normalized spacial score (nSPS) is 17.6. The largest absolute Gasteiger partial charge is 0.497 e. The summed E-state index contributed by atoms with van der Waals surface area (Å²) in [6, 6.07) is 12.2. The molecule has 0 spiro atoms. The third-order valence-electron chi connectivity index (χ3n) is 5.33. The van der Waals surface area contributed by atoms with Crippen molar-refractivity contribution in [3.8, 4) is 5.75 Å². The third kappa shape index (κ3) is 5.56. The predicted molar refractivity (Wildman–Crippen MR) is 112 cm³/mol. The highest BCUT2D eigenvalue weighted by molar-refractivity contribution is 7.12. The first-order valence-electron chi connectivity index (χ1n) is 9.87. The lowest BCUT2D eigenvalue weighted by molar-refractivity contribution is 0.0695. The van der Waals surface area contributed by atoms with Crippen molar-refractivity contribution in [1.29, 1.82) is 0 Å². The molecule has 3 rings (SSSR count). The lowest BCUT2D eigenvalue weighted by Crippen LogP contribution is -2.43. The van der Waals surface area contributed by atoms with Crippen molar-refractivity contribution in [3.05, 3.63) is 52.2 Å². The molecule has 1 amide bonds. The zero-order valence-corrected chi connectivity index (χ0v) is 17.2. The number of hydrogen-bond acceptors (Lipinski definition) is 4. The van der Waals surface area contributed by atoms with Gasteiger partial charge in [0.2, 0.25) is 0 Å². The smallest absolute Gasteiger partial charge is 0.263 e. The summed E-state index contributed by atoms with van der Waals surface area (Å²) < 4.78 is 5.32. The van der Waals surface area contributed by atoms with E-state index in [1.54, 1.807) is 7.11 Å². The van der Waals surface area contributed by atoms with Crippen LogP contribution in [0.4, 0.5) is 0 Å². The summed E-state index contributed by atoms with van der Waals surface area (Å²) in [7, 11) is 1.71. The van der Waals surface area contributed by atoms with Gasteiger partial charge in [0.15, 0.2) is 0 Å². The molecule has 146 valence electrons. The van der Waals surface area contributed by atoms with Crippen molar-refractivity contribution in [3.63, 3.8) is 0 Å². The van der Waals surface area contributed by atoms with E-state index in [1.807, 2.05) is 28.5 Å². The van der Waals surface area contributed by atoms with Crippen LogP contribution in [0.15, 0.2) is 41.8 Å². The first kappa shape index (κ1) is 19.9. The first-order chi connectivity index (χ1) is 13.2. The highest BCUT2D eigenvalue weighted by Crippen LogP contribution is 2.21. The Morgan fingerprint density at radius 1 is 1.33 bits per heavy atom. The van der Waals surface area contributed by atoms with Crippen molar-refractivity contribution in [1.82, 2.24) is 9.80 Å². The fourth-order valence-corrected chi connectivity index (χ4v) is 4.53. The van der Waals surface area contributed by atoms with Gasteiger partial charge in [-0.25, -0.2) is 0 Å². The molecule has 1 aliphatic heterocycles. The van der Waals surface area contributed by atoms with Gasteiger partial charge in [-0.3, -0.25) is 4.79 Å². The summed E-state index contributed by atoms with van der Waals surface area (Å²) in [5.74, 6) is 1.67. The zero-order chi connectivity index (χ0) is 19.1. The van der Waals surface area contributed by atoms with Gasteiger partial charge in [0, 0.05) is 26.2 Å². The van der Waals surface area contributed by atoms with Crippen LogP contribution in [0.1, 0.15) is 35.0 Å². The molecule has 0 aliphatic carbocycles. The van der Waals surface area contributed by atoms with Crippen molar-refractivity contribution in [2.75, 3.05) is 39.8 Å². The topological polar surface area (TPSA) is 32.8 Å². The van der Waals surface area contributed by atoms with Gasteiger partial charge in [-0.15, -0.1) is 11.3 Å². The van der Waals surface area contributed by atoms with E-state index in [1.165, 1.54) is 29.7 Å². The van der Waals surface area contributed by atoms with Crippen LogP contribution in [-0.2, 0) is 6.42 Å². The number of thiophene rings is 1. The minimum absolute atomic E-state index is 0.181. The predicted octanol–water partition coefficient (Wildman–Crippen LogP) is 4.17. The monoisotopic (exact) mass is 386 g/mol. The van der Waals surface area contributed by atoms with Crippen LogP contribution in [-0.4, -0.2) is 55.5 Å². The lowest BCUT2D eigenvalue weighted by Gasteiger charge is -2.35. The standard InChI is InChI=1S/C22H30N2O2S/c1-3-24(22(25)21-10-6-14-27-21)17-19-8-5-12-23(16-19)13-11-18-7-4-9-20(15-18)26-2/h4,6-7,9-10,14-15,19H,3,5,8,11-13,16-17H2,1-2H3/t19-/m0/s1. The Labute approximate surface area is 166 Å². The molecule has 2 aromatic rings. The Balaban J connectivity index is 1.51. The van der Waals surface area contributed by atoms with Crippen LogP contribution in [0.3, 0.4) is 0 Å². The number of amides is 1. The first-order valence-corrected chi connectivity index (χ1v) is 10.8. The van der Waals surface area contributed by atoms with Crippen LogP contribution < -0.4 is 4.74 Å². The minimum Gasteiger partial charge on any atom is -0.497 e. The molecule has 1 saturated heterocycles. The SMILES string of the molecule is CCN(C[C@H]1CCCN(CCc2cccc(OC)c2)C1)C(=O)c1cccs1. The number of benzene rings is 1. The second kappa shape index (κ2) is 9.90. The highest BCUT2D eigenvalue weighted by atomic mass is 32.1. The number of carbonyl (C=O) groups is 1. The molecular weight excluding hydrogens is 356 g/mol. The molecule has 5 heteroatoms. The zero-order valence-electron chi connectivity index (χ0n) is 16.4. The third-order valence-corrected chi connectivity index (χ3v) is 6.19. The van der Waals surface area contributed by atoms with Crippen molar-refractivity contribution < 1.29 is 9.53 Å². The number of rotatable bonds is 8. The van der Waals surface area contributed by atoms with Gasteiger partial charge in [0.25, 0.3) is 5.91 Å². The number of piperidine rings is 1. The van der Waals surface area contributed by atoms with Gasteiger partial charge in [0.1, 0.15) is 5.75 Å². The van der Waals surface area contributed by atoms with Crippen molar-refractivity contribution in [2.24, 2.45) is 5.92 Å². The number of ether oxygens (including phenoxy) is 1. The van der Waals surface area contributed by atoms with Gasteiger partial charge >= 0.3 is 0 Å². The molecule has 1 aromatic carbocycles. The van der Waals surface area contributed by atoms with Crippen LogP contribution in [0, 0.1) is 5.92 Å². The molecule has 2 heterocycles. The summed E-state index contributed by atoms with van der Waals surface area (Å²) in [5, 5.41) is 1.97. The second-order valence-corrected chi connectivity index (χ2v) is 8.18. The fraction of sp³-hybridized carbons (Fsp3) is 0.500. The number of carbonyl (C=O) groups excluding carboxylic acids is 1. The van der Waals surface area contributed by atoms with Crippen molar-refractivity contribution in [2.45, 2.75) is 26.2 Å². The van der Waals surface area contributed by atoms with Crippen LogP contribution in [0.5, 0.6) is 5.75 Å². The molecule has 0 N–H and O–H groups in total. The van der Waals surface area contributed by atoms with E-state index in [0.29, 0.717) is 5.92 Å². The number of nitrogens with zero attached hydrogens (tertiary/aromatic N) is 2. The number of likely N-dealkylation sites (tertiary alicyclic amines) is 1. The average Bonchev–Trinajstić information content (AvgIpc) is 3.25. The molecule has 0 radical (unpaired) electrons. The maximum Gasteiger partial charge on any atom is 0.263 e. The van der Waals surface area contributed by atoms with Gasteiger partial charge in [-0.2, -0.15) is 0 Å². The Morgan fingerprint density at radius 3 is 2.96 bits per heavy atom. The molecule has 1 aromatic heterocycles. The Morgan fingerprint density at radius 2 is 2.22 bits per heavy atom. The number of hydrogen-bond donors (Lipinski definition) is 0. The van der Waals surface area contributed by atoms with Gasteiger partial charge < -0.3 is 14.5 Å². The quantitative estimate of drug-likeness (QED) is 0.682. The molecule has 0 bridgehead atoms. The number of methoxy groups -OCH3 is 1. The van der Waals surface area contributed by atoms with E-state index >= 15 is 0 Å². The Hall–Kier alpha value is -1.85. The maximum atomic E-state index is 12.7. The highest BCUT2D eigenvalue weighted by Gasteiger charge is 2.24. The Bertz CT molecular complexity index is 717. The van der Waals surface area contributed by atoms with Crippen LogP contribution in [0.2, 0.25) is 0 Å². The van der Waals surface area contributed by atoms with Crippen molar-refractivity contribution >= 4 is 17.2 Å². The summed E-state index contributed by atoms with van der Waals surface area (Å²) >= 11 is 1.53. The van der Waals surface area contributed by atoms with E-state index in [-0.39, 0.29) is 5.91 Å². The Kier molecular flexibility index (Phi) is 7.30. The second-order valence-electron chi connectivity index (χ2n) is 7.23. The van der Waals surface area contributed by atoms with E-state index in [9.17, 15) is 4.79 Å². The fourth-order valence-electron chi connectivity index (χ4n) is 3.84. The molecular formula is C22H30N2O2S. The lowest BCUT2D eigenvalue weighted by atomic mass is 9.96. The van der Waals surface area contributed by atoms with E-state index in [0.717, 1.165) is 49.8 Å². The maximum absolute atomic E-state index is 12.7. The molecule has 4 nitrogen and oxygen atoms in total. The minimum atomic E-state index is 0.181. The van der Waals surface area contributed by atoms with Gasteiger partial charge in [0.05, 0.1) is 12.0 Å². The van der Waals surface area contributed by atoms with Crippen LogP contribution in [0.25, 0.3) is 0 Å². The van der Waals surface area contributed by atoms with Crippen LogP contribution >= 0.6 is 11.3 Å². The summed E-state index contributed by atoms with van der Waals surface area (Å²) in [6.45, 7) is 7.02. The molecule has 1 atom stereocenters. The van der Waals surface area contributed by atoms with E-state index in [4.69, 9.17) is 4.74 Å². The summed E-state index contributed by atoms with van der Waals surface area (Å²) in [5.41, 5.74) is 1.32. The van der Waals surface area contributed by atoms with Gasteiger partial charge in [-0.05, 0) is 67.8 Å². The molecule has 1 aliphatic rings. The summed E-state index contributed by atoms with van der Waals surface area (Å²) in [6.07, 6.45) is 3.47. The molecule has 1 fully saturated rings. The summed E-state index contributed by atoms with van der Waals surface area (Å²) in [4.78, 5) is 18.1. The average molecular weight is 387 g/mol.